The Labute approximate surface area is 122 Å². The van der Waals surface area contributed by atoms with Crippen LogP contribution in [0.3, 0.4) is 0 Å². The third-order valence-corrected chi connectivity index (χ3v) is 4.32. The molecule has 2 aromatic carbocycles. The fraction of sp³-hybridized carbons (Fsp3) is 0.0526. The largest absolute Gasteiger partial charge is 0.255 e. The summed E-state index contributed by atoms with van der Waals surface area (Å²) < 4.78 is 0. The van der Waals surface area contributed by atoms with E-state index in [9.17, 15) is 0 Å². The maximum absolute atomic E-state index is 4.89. The van der Waals surface area contributed by atoms with Gasteiger partial charge in [0.15, 0.2) is 0 Å². The van der Waals surface area contributed by atoms with Gasteiger partial charge in [-0.3, -0.25) is 9.97 Å². The Morgan fingerprint density at radius 3 is 2.67 bits per heavy atom. The van der Waals surface area contributed by atoms with Crippen molar-refractivity contribution < 1.29 is 0 Å². The second-order valence-corrected chi connectivity index (χ2v) is 5.49. The van der Waals surface area contributed by atoms with Crippen molar-refractivity contribution in [3.63, 3.8) is 0 Å². The summed E-state index contributed by atoms with van der Waals surface area (Å²) in [5.41, 5.74) is 7.17. The van der Waals surface area contributed by atoms with Crippen LogP contribution in [0.2, 0.25) is 0 Å². The molecular formula is C19H12N2. The maximum Gasteiger partial charge on any atom is 0.0820 e. The Morgan fingerprint density at radius 1 is 0.810 bits per heavy atom. The molecule has 2 heterocycles. The molecule has 5 rings (SSSR count). The highest BCUT2D eigenvalue weighted by Crippen LogP contribution is 2.39. The molecule has 0 amide bonds. The Bertz CT molecular complexity index is 1020. The molecule has 0 N–H and O–H groups in total. The summed E-state index contributed by atoms with van der Waals surface area (Å²) in [7, 11) is 0. The number of hydrogen-bond acceptors (Lipinski definition) is 2. The zero-order valence-electron chi connectivity index (χ0n) is 11.4. The van der Waals surface area contributed by atoms with Crippen molar-refractivity contribution in [1.82, 2.24) is 9.97 Å². The van der Waals surface area contributed by atoms with Crippen LogP contribution in [-0.2, 0) is 6.42 Å². The molecule has 1 aliphatic rings. The summed E-state index contributed by atoms with van der Waals surface area (Å²) in [5.74, 6) is 0. The fourth-order valence-electron chi connectivity index (χ4n) is 3.40. The standard InChI is InChI=1S/C19H12N2/c1-2-6-13-12(5-1)11-17-18-14(13)9-10-20-19(18)15-7-3-4-8-16(15)21-17/h1-10H,11H2. The monoisotopic (exact) mass is 268 g/mol. The Kier molecular flexibility index (Phi) is 2.03. The van der Waals surface area contributed by atoms with Gasteiger partial charge in [0.2, 0.25) is 0 Å². The molecule has 0 aliphatic heterocycles. The molecule has 0 atom stereocenters. The minimum absolute atomic E-state index is 0.885. The molecule has 2 aromatic heterocycles. The number of hydrogen-bond donors (Lipinski definition) is 0. The summed E-state index contributed by atoms with van der Waals surface area (Å²) in [5, 5.41) is 2.35. The van der Waals surface area contributed by atoms with Gasteiger partial charge in [0, 0.05) is 23.4 Å². The third-order valence-electron chi connectivity index (χ3n) is 4.32. The van der Waals surface area contributed by atoms with Gasteiger partial charge in [-0.15, -0.1) is 0 Å². The quantitative estimate of drug-likeness (QED) is 0.390. The molecule has 0 bridgehead atoms. The number of pyridine rings is 2. The van der Waals surface area contributed by atoms with E-state index in [4.69, 9.17) is 4.98 Å². The molecule has 0 saturated carbocycles. The van der Waals surface area contributed by atoms with Crippen LogP contribution < -0.4 is 0 Å². The highest BCUT2D eigenvalue weighted by atomic mass is 14.7. The molecule has 2 nitrogen and oxygen atoms in total. The van der Waals surface area contributed by atoms with E-state index in [0.717, 1.165) is 28.5 Å². The molecule has 21 heavy (non-hydrogen) atoms. The summed E-state index contributed by atoms with van der Waals surface area (Å²) in [6.07, 6.45) is 2.80. The average molecular weight is 268 g/mol. The molecule has 98 valence electrons. The van der Waals surface area contributed by atoms with E-state index in [1.807, 2.05) is 12.3 Å². The number of aromatic nitrogens is 2. The van der Waals surface area contributed by atoms with E-state index in [2.05, 4.69) is 53.5 Å². The summed E-state index contributed by atoms with van der Waals surface area (Å²) >= 11 is 0. The predicted molar refractivity (Wildman–Crippen MR) is 85.3 cm³/mol. The van der Waals surface area contributed by atoms with E-state index in [-0.39, 0.29) is 0 Å². The normalized spacial score (nSPS) is 12.6. The molecule has 0 unspecified atom stereocenters. The number of rotatable bonds is 0. The van der Waals surface area contributed by atoms with Crippen LogP contribution in [0.4, 0.5) is 0 Å². The van der Waals surface area contributed by atoms with Gasteiger partial charge < -0.3 is 0 Å². The number of nitrogens with zero attached hydrogens (tertiary/aromatic N) is 2. The highest BCUT2D eigenvalue weighted by molar-refractivity contribution is 6.10. The molecule has 0 spiro atoms. The number of para-hydroxylation sites is 1. The maximum atomic E-state index is 4.89. The molecule has 0 fully saturated rings. The van der Waals surface area contributed by atoms with E-state index >= 15 is 0 Å². The van der Waals surface area contributed by atoms with Gasteiger partial charge in [-0.2, -0.15) is 0 Å². The van der Waals surface area contributed by atoms with E-state index < -0.39 is 0 Å². The first kappa shape index (κ1) is 11.0. The lowest BCUT2D eigenvalue weighted by molar-refractivity contribution is 1.11. The van der Waals surface area contributed by atoms with Gasteiger partial charge in [-0.25, -0.2) is 0 Å². The Hall–Kier alpha value is -2.74. The predicted octanol–water partition coefficient (Wildman–Crippen LogP) is 4.35. The van der Waals surface area contributed by atoms with Gasteiger partial charge in [-0.05, 0) is 28.8 Å². The van der Waals surface area contributed by atoms with Crippen LogP contribution in [0.5, 0.6) is 0 Å². The van der Waals surface area contributed by atoms with Gasteiger partial charge in [0.25, 0.3) is 0 Å². The van der Waals surface area contributed by atoms with Crippen LogP contribution in [0.1, 0.15) is 11.3 Å². The van der Waals surface area contributed by atoms with Crippen molar-refractivity contribution in [3.05, 3.63) is 72.1 Å². The molecule has 1 aliphatic carbocycles. The summed E-state index contributed by atoms with van der Waals surface area (Å²) in [4.78, 5) is 9.54. The van der Waals surface area contributed by atoms with Gasteiger partial charge in [-0.1, -0.05) is 42.5 Å². The number of benzene rings is 2. The molecule has 4 aromatic rings. The SMILES string of the molecule is c1ccc2c(c1)Cc1nc3ccccc3c3nccc-2c13. The van der Waals surface area contributed by atoms with E-state index in [1.54, 1.807) is 0 Å². The zero-order chi connectivity index (χ0) is 13.8. The van der Waals surface area contributed by atoms with Crippen molar-refractivity contribution in [3.8, 4) is 11.1 Å². The first-order chi connectivity index (χ1) is 10.4. The van der Waals surface area contributed by atoms with Crippen LogP contribution in [0.25, 0.3) is 32.9 Å². The summed E-state index contributed by atoms with van der Waals surface area (Å²) in [6, 6.07) is 19.0. The second kappa shape index (κ2) is 3.89. The Morgan fingerprint density at radius 2 is 1.67 bits per heavy atom. The highest BCUT2D eigenvalue weighted by Gasteiger charge is 2.20. The van der Waals surface area contributed by atoms with Crippen molar-refractivity contribution in [1.29, 1.82) is 0 Å². The topological polar surface area (TPSA) is 25.8 Å². The van der Waals surface area contributed by atoms with Crippen LogP contribution in [-0.4, -0.2) is 9.97 Å². The van der Waals surface area contributed by atoms with Gasteiger partial charge in [0.1, 0.15) is 0 Å². The fourth-order valence-corrected chi connectivity index (χ4v) is 3.40. The minimum Gasteiger partial charge on any atom is -0.255 e. The molecule has 0 saturated heterocycles. The van der Waals surface area contributed by atoms with Crippen molar-refractivity contribution >= 4 is 21.8 Å². The van der Waals surface area contributed by atoms with E-state index in [0.29, 0.717) is 0 Å². The van der Waals surface area contributed by atoms with Crippen molar-refractivity contribution in [2.24, 2.45) is 0 Å². The lowest BCUT2D eigenvalue weighted by Gasteiger charge is -2.20. The van der Waals surface area contributed by atoms with Crippen LogP contribution in [0, 0.1) is 0 Å². The summed E-state index contributed by atoms with van der Waals surface area (Å²) in [6.45, 7) is 0. The van der Waals surface area contributed by atoms with Gasteiger partial charge >= 0.3 is 0 Å². The lowest BCUT2D eigenvalue weighted by Crippen LogP contribution is -2.04. The molecule has 2 heteroatoms. The second-order valence-electron chi connectivity index (χ2n) is 5.49. The first-order valence-electron chi connectivity index (χ1n) is 7.16. The minimum atomic E-state index is 0.885. The smallest absolute Gasteiger partial charge is 0.0820 e. The van der Waals surface area contributed by atoms with E-state index in [1.165, 1.54) is 22.1 Å². The third kappa shape index (κ3) is 1.42. The first-order valence-corrected chi connectivity index (χ1v) is 7.16. The Balaban J connectivity index is 2.04. The lowest BCUT2D eigenvalue weighted by atomic mass is 9.87. The van der Waals surface area contributed by atoms with Crippen LogP contribution >= 0.6 is 0 Å². The van der Waals surface area contributed by atoms with Crippen LogP contribution in [0.15, 0.2) is 60.8 Å². The molecule has 0 radical (unpaired) electrons. The van der Waals surface area contributed by atoms with Crippen molar-refractivity contribution in [2.45, 2.75) is 6.42 Å². The van der Waals surface area contributed by atoms with Crippen molar-refractivity contribution in [2.75, 3.05) is 0 Å². The average Bonchev–Trinajstić information content (AvgIpc) is 2.55. The number of fused-ring (bicyclic) bond motifs is 4. The zero-order valence-corrected chi connectivity index (χ0v) is 11.4. The molecular weight excluding hydrogens is 256 g/mol. The van der Waals surface area contributed by atoms with Gasteiger partial charge in [0.05, 0.1) is 16.7 Å².